The van der Waals surface area contributed by atoms with Crippen LogP contribution in [0.25, 0.3) is 33.5 Å². The number of aromatic nitrogens is 2. The lowest BCUT2D eigenvalue weighted by Gasteiger charge is -2.13. The van der Waals surface area contributed by atoms with Crippen molar-refractivity contribution in [3.8, 4) is 22.6 Å². The molecule has 1 atom stereocenters. The van der Waals surface area contributed by atoms with Gasteiger partial charge in [-0.25, -0.2) is 9.97 Å². The van der Waals surface area contributed by atoms with Gasteiger partial charge >= 0.3 is 0 Å². The van der Waals surface area contributed by atoms with Crippen LogP contribution in [0, 0.1) is 0 Å². The van der Waals surface area contributed by atoms with E-state index in [1.54, 1.807) is 0 Å². The summed E-state index contributed by atoms with van der Waals surface area (Å²) in [5.41, 5.74) is 6.46. The van der Waals surface area contributed by atoms with Crippen molar-refractivity contribution in [1.82, 2.24) is 9.97 Å². The van der Waals surface area contributed by atoms with Crippen LogP contribution in [-0.2, 0) is 0 Å². The number of para-hydroxylation sites is 2. The molecule has 0 spiro atoms. The van der Waals surface area contributed by atoms with Crippen molar-refractivity contribution in [2.45, 2.75) is 10.3 Å². The highest BCUT2D eigenvalue weighted by Gasteiger charge is 2.23. The number of anilines is 1. The first kappa shape index (κ1) is 18.2. The summed E-state index contributed by atoms with van der Waals surface area (Å²) >= 11 is 1.84. The fraction of sp³-hybridized carbons (Fsp3) is 0.0370. The second-order valence-electron chi connectivity index (χ2n) is 7.54. The number of thioether (sulfide) groups is 1. The topological polar surface area (TPSA) is 37.8 Å². The Labute approximate surface area is 185 Å². The van der Waals surface area contributed by atoms with Gasteiger partial charge in [0.2, 0.25) is 0 Å². The molecule has 1 aliphatic rings. The first-order valence-electron chi connectivity index (χ1n) is 10.3. The van der Waals surface area contributed by atoms with Crippen LogP contribution in [0.5, 0.6) is 0 Å². The van der Waals surface area contributed by atoms with Gasteiger partial charge in [0.15, 0.2) is 5.82 Å². The van der Waals surface area contributed by atoms with E-state index in [1.165, 1.54) is 16.1 Å². The Bertz CT molecular complexity index is 1370. The summed E-state index contributed by atoms with van der Waals surface area (Å²) in [5, 5.41) is 4.87. The molecule has 148 valence electrons. The molecule has 1 aliphatic heterocycles. The lowest BCUT2D eigenvalue weighted by atomic mass is 10.0. The number of nitrogens with zero attached hydrogens (tertiary/aromatic N) is 2. The third-order valence-corrected chi connectivity index (χ3v) is 6.75. The normalized spacial score (nSPS) is 14.9. The number of benzene rings is 4. The van der Waals surface area contributed by atoms with Gasteiger partial charge < -0.3 is 5.32 Å². The molecule has 0 amide bonds. The SMILES string of the molecule is c1ccc(-c2nc(-c3cccc(C4Nc5ccccc5S4)c3)nc3ccccc23)cc1. The van der Waals surface area contributed by atoms with Gasteiger partial charge in [0.05, 0.1) is 11.2 Å². The molecule has 0 saturated carbocycles. The van der Waals surface area contributed by atoms with Gasteiger partial charge in [-0.15, -0.1) is 0 Å². The van der Waals surface area contributed by atoms with E-state index in [2.05, 4.69) is 78.1 Å². The minimum Gasteiger partial charge on any atom is -0.368 e. The third kappa shape index (κ3) is 3.35. The van der Waals surface area contributed by atoms with Crippen LogP contribution in [0.2, 0.25) is 0 Å². The van der Waals surface area contributed by atoms with Gasteiger partial charge in [-0.3, -0.25) is 0 Å². The smallest absolute Gasteiger partial charge is 0.160 e. The van der Waals surface area contributed by atoms with E-state index in [9.17, 15) is 0 Å². The zero-order chi connectivity index (χ0) is 20.6. The van der Waals surface area contributed by atoms with Gasteiger partial charge in [0, 0.05) is 27.1 Å². The molecule has 0 saturated heterocycles. The Morgan fingerprint density at radius 2 is 1.45 bits per heavy atom. The zero-order valence-electron chi connectivity index (χ0n) is 16.7. The Hall–Kier alpha value is -3.63. The van der Waals surface area contributed by atoms with E-state index in [0.717, 1.165) is 33.5 Å². The molecule has 6 rings (SSSR count). The van der Waals surface area contributed by atoms with E-state index in [-0.39, 0.29) is 5.37 Å². The zero-order valence-corrected chi connectivity index (χ0v) is 17.5. The molecule has 4 aromatic carbocycles. The average Bonchev–Trinajstić information content (AvgIpc) is 3.28. The number of fused-ring (bicyclic) bond motifs is 2. The molecule has 4 heteroatoms. The standard InChI is InChI=1S/C27H19N3S/c1-2-9-18(10-3-1)25-21-13-4-5-14-22(21)28-26(30-25)19-11-8-12-20(17-19)27-29-23-15-6-7-16-24(23)31-27/h1-17,27,29H. The van der Waals surface area contributed by atoms with E-state index >= 15 is 0 Å². The summed E-state index contributed by atoms with van der Waals surface area (Å²) in [6.07, 6.45) is 0. The third-order valence-electron chi connectivity index (χ3n) is 5.52. The fourth-order valence-electron chi connectivity index (χ4n) is 4.00. The average molecular weight is 418 g/mol. The van der Waals surface area contributed by atoms with Crippen LogP contribution in [0.15, 0.2) is 108 Å². The maximum Gasteiger partial charge on any atom is 0.160 e. The minimum absolute atomic E-state index is 0.186. The molecule has 1 N–H and O–H groups in total. The van der Waals surface area contributed by atoms with E-state index in [4.69, 9.17) is 9.97 Å². The highest BCUT2D eigenvalue weighted by atomic mass is 32.2. The van der Waals surface area contributed by atoms with Crippen LogP contribution >= 0.6 is 11.8 Å². The van der Waals surface area contributed by atoms with Gasteiger partial charge in [-0.1, -0.05) is 90.6 Å². The minimum atomic E-state index is 0.186. The molecule has 31 heavy (non-hydrogen) atoms. The predicted octanol–water partition coefficient (Wildman–Crippen LogP) is 7.18. The summed E-state index contributed by atoms with van der Waals surface area (Å²) in [6.45, 7) is 0. The number of rotatable bonds is 3. The van der Waals surface area contributed by atoms with Crippen LogP contribution in [0.3, 0.4) is 0 Å². The number of nitrogens with one attached hydrogen (secondary N) is 1. The molecular weight excluding hydrogens is 398 g/mol. The molecule has 3 nitrogen and oxygen atoms in total. The van der Waals surface area contributed by atoms with Crippen molar-refractivity contribution >= 4 is 28.4 Å². The Balaban J connectivity index is 1.44. The monoisotopic (exact) mass is 417 g/mol. The van der Waals surface area contributed by atoms with E-state index in [0.29, 0.717) is 0 Å². The molecule has 1 aromatic heterocycles. The Kier molecular flexibility index (Phi) is 4.43. The Morgan fingerprint density at radius 3 is 2.35 bits per heavy atom. The number of hydrogen-bond acceptors (Lipinski definition) is 4. The Morgan fingerprint density at radius 1 is 0.677 bits per heavy atom. The maximum absolute atomic E-state index is 5.01. The van der Waals surface area contributed by atoms with Crippen molar-refractivity contribution in [1.29, 1.82) is 0 Å². The van der Waals surface area contributed by atoms with Gasteiger partial charge in [-0.2, -0.15) is 0 Å². The summed E-state index contributed by atoms with van der Waals surface area (Å²) in [5.74, 6) is 0.750. The summed E-state index contributed by atoms with van der Waals surface area (Å²) in [6, 6.07) is 35.5. The van der Waals surface area contributed by atoms with Crippen molar-refractivity contribution in [3.05, 3.63) is 109 Å². The van der Waals surface area contributed by atoms with E-state index < -0.39 is 0 Å². The second kappa shape index (κ2) is 7.56. The molecule has 0 radical (unpaired) electrons. The molecule has 1 unspecified atom stereocenters. The van der Waals surface area contributed by atoms with Gasteiger partial charge in [-0.05, 0) is 29.8 Å². The molecule has 0 bridgehead atoms. The lowest BCUT2D eigenvalue weighted by Crippen LogP contribution is -2.02. The van der Waals surface area contributed by atoms with E-state index in [1.807, 2.05) is 42.1 Å². The van der Waals surface area contributed by atoms with Crippen molar-refractivity contribution in [2.24, 2.45) is 0 Å². The molecular formula is C27H19N3S. The van der Waals surface area contributed by atoms with Crippen molar-refractivity contribution < 1.29 is 0 Å². The van der Waals surface area contributed by atoms with Gasteiger partial charge in [0.25, 0.3) is 0 Å². The maximum atomic E-state index is 5.01. The first-order chi connectivity index (χ1) is 15.3. The predicted molar refractivity (Wildman–Crippen MR) is 129 cm³/mol. The van der Waals surface area contributed by atoms with Crippen LogP contribution in [-0.4, -0.2) is 9.97 Å². The molecule has 2 heterocycles. The second-order valence-corrected chi connectivity index (χ2v) is 8.69. The van der Waals surface area contributed by atoms with Crippen LogP contribution < -0.4 is 5.32 Å². The largest absolute Gasteiger partial charge is 0.368 e. The summed E-state index contributed by atoms with van der Waals surface area (Å²) in [4.78, 5) is 11.2. The molecule has 0 aliphatic carbocycles. The first-order valence-corrected chi connectivity index (χ1v) is 11.2. The summed E-state index contributed by atoms with van der Waals surface area (Å²) in [7, 11) is 0. The fourth-order valence-corrected chi connectivity index (χ4v) is 5.13. The van der Waals surface area contributed by atoms with Crippen LogP contribution in [0.1, 0.15) is 10.9 Å². The highest BCUT2D eigenvalue weighted by Crippen LogP contribution is 2.46. The van der Waals surface area contributed by atoms with Crippen molar-refractivity contribution in [2.75, 3.05) is 5.32 Å². The lowest BCUT2D eigenvalue weighted by molar-refractivity contribution is 1.13. The van der Waals surface area contributed by atoms with Gasteiger partial charge in [0.1, 0.15) is 5.37 Å². The molecule has 5 aromatic rings. The van der Waals surface area contributed by atoms with Crippen LogP contribution in [0.4, 0.5) is 5.69 Å². The summed E-state index contributed by atoms with van der Waals surface area (Å²) < 4.78 is 0. The molecule has 0 fully saturated rings. The van der Waals surface area contributed by atoms with Crippen molar-refractivity contribution in [3.63, 3.8) is 0 Å². The number of hydrogen-bond donors (Lipinski definition) is 1. The highest BCUT2D eigenvalue weighted by molar-refractivity contribution is 8.00. The quantitative estimate of drug-likeness (QED) is 0.337.